The van der Waals surface area contributed by atoms with E-state index in [0.29, 0.717) is 0 Å². The first kappa shape index (κ1) is 20.2. The molecule has 0 atom stereocenters. The Morgan fingerprint density at radius 1 is 1.08 bits per heavy atom. The van der Waals surface area contributed by atoms with E-state index in [1.54, 1.807) is 7.05 Å². The third-order valence-corrected chi connectivity index (χ3v) is 4.26. The number of imidazole rings is 1. The van der Waals surface area contributed by atoms with E-state index in [1.165, 1.54) is 11.1 Å². The number of guanidine groups is 1. The Balaban J connectivity index is 0.00000243. The Kier molecular flexibility index (Phi) is 7.90. The molecule has 0 saturated carbocycles. The van der Waals surface area contributed by atoms with Crippen molar-refractivity contribution in [2.75, 3.05) is 13.6 Å². The minimum atomic E-state index is 0. The molecule has 5 nitrogen and oxygen atoms in total. The second kappa shape index (κ2) is 10.2. The Hall–Kier alpha value is -2.09. The van der Waals surface area contributed by atoms with E-state index < -0.39 is 0 Å². The van der Waals surface area contributed by atoms with Crippen molar-refractivity contribution in [3.63, 3.8) is 0 Å². The maximum absolute atomic E-state index is 4.61. The van der Waals surface area contributed by atoms with Crippen LogP contribution in [0.25, 0.3) is 5.65 Å². The van der Waals surface area contributed by atoms with Crippen LogP contribution in [0.5, 0.6) is 0 Å². The third-order valence-electron chi connectivity index (χ3n) is 4.26. The van der Waals surface area contributed by atoms with Crippen molar-refractivity contribution in [2.45, 2.75) is 26.3 Å². The fraction of sp³-hybridized carbons (Fsp3) is 0.300. The molecule has 1 aromatic carbocycles. The molecule has 2 N–H and O–H groups in total. The first-order chi connectivity index (χ1) is 12.3. The van der Waals surface area contributed by atoms with Gasteiger partial charge in [0.2, 0.25) is 0 Å². The van der Waals surface area contributed by atoms with Gasteiger partial charge in [0.05, 0.1) is 5.69 Å². The van der Waals surface area contributed by atoms with Crippen LogP contribution >= 0.6 is 24.0 Å². The number of aliphatic imine (C=N–C) groups is 1. The van der Waals surface area contributed by atoms with E-state index in [2.05, 4.69) is 58.0 Å². The fourth-order valence-corrected chi connectivity index (χ4v) is 2.89. The van der Waals surface area contributed by atoms with Gasteiger partial charge in [0, 0.05) is 39.0 Å². The monoisotopic (exact) mass is 463 g/mol. The second-order valence-corrected chi connectivity index (χ2v) is 5.92. The molecule has 0 aliphatic heterocycles. The number of pyridine rings is 1. The minimum absolute atomic E-state index is 0. The van der Waals surface area contributed by atoms with Crippen LogP contribution in [-0.4, -0.2) is 28.9 Å². The molecule has 0 aliphatic rings. The number of aryl methyl sites for hydroxylation is 1. The van der Waals surface area contributed by atoms with Crippen LogP contribution in [0, 0.1) is 0 Å². The molecule has 0 saturated heterocycles. The highest BCUT2D eigenvalue weighted by molar-refractivity contribution is 14.0. The molecule has 0 bridgehead atoms. The summed E-state index contributed by atoms with van der Waals surface area (Å²) in [6.45, 7) is 3.75. The summed E-state index contributed by atoms with van der Waals surface area (Å²) in [7, 11) is 1.80. The SMILES string of the molecule is CCc1ccccc1CNC(=NC)NCCc1cn2ccccc2n1.I. The van der Waals surface area contributed by atoms with E-state index in [0.717, 1.165) is 43.2 Å². The average Bonchev–Trinajstić information content (AvgIpc) is 3.07. The molecule has 2 heterocycles. The molecule has 0 unspecified atom stereocenters. The van der Waals surface area contributed by atoms with Gasteiger partial charge in [-0.3, -0.25) is 4.99 Å². The highest BCUT2D eigenvalue weighted by atomic mass is 127. The molecular weight excluding hydrogens is 437 g/mol. The van der Waals surface area contributed by atoms with Crippen LogP contribution in [0.1, 0.15) is 23.7 Å². The van der Waals surface area contributed by atoms with Gasteiger partial charge in [0.25, 0.3) is 0 Å². The summed E-state index contributed by atoms with van der Waals surface area (Å²) in [5, 5.41) is 6.75. The summed E-state index contributed by atoms with van der Waals surface area (Å²) in [4.78, 5) is 8.92. The molecular formula is C20H26IN5. The lowest BCUT2D eigenvalue weighted by Crippen LogP contribution is -2.38. The fourth-order valence-electron chi connectivity index (χ4n) is 2.89. The van der Waals surface area contributed by atoms with Gasteiger partial charge in [-0.15, -0.1) is 24.0 Å². The number of nitrogens with one attached hydrogen (secondary N) is 2. The lowest BCUT2D eigenvalue weighted by atomic mass is 10.1. The van der Waals surface area contributed by atoms with Gasteiger partial charge in [-0.05, 0) is 29.7 Å². The van der Waals surface area contributed by atoms with Crippen LogP contribution in [0.3, 0.4) is 0 Å². The van der Waals surface area contributed by atoms with Crippen LogP contribution in [-0.2, 0) is 19.4 Å². The van der Waals surface area contributed by atoms with Gasteiger partial charge in [0.1, 0.15) is 5.65 Å². The van der Waals surface area contributed by atoms with Crippen LogP contribution < -0.4 is 10.6 Å². The predicted octanol–water partition coefficient (Wildman–Crippen LogP) is 3.42. The van der Waals surface area contributed by atoms with E-state index in [1.807, 2.05) is 28.8 Å². The lowest BCUT2D eigenvalue weighted by Gasteiger charge is -2.13. The van der Waals surface area contributed by atoms with Gasteiger partial charge in [-0.1, -0.05) is 37.3 Å². The van der Waals surface area contributed by atoms with Crippen molar-refractivity contribution in [1.82, 2.24) is 20.0 Å². The summed E-state index contributed by atoms with van der Waals surface area (Å²) in [6, 6.07) is 14.5. The zero-order valence-electron chi connectivity index (χ0n) is 15.3. The number of benzene rings is 1. The van der Waals surface area contributed by atoms with Crippen LogP contribution in [0.2, 0.25) is 0 Å². The first-order valence-corrected chi connectivity index (χ1v) is 8.74. The summed E-state index contributed by atoms with van der Waals surface area (Å²) < 4.78 is 2.05. The first-order valence-electron chi connectivity index (χ1n) is 8.74. The average molecular weight is 463 g/mol. The van der Waals surface area contributed by atoms with Gasteiger partial charge < -0.3 is 15.0 Å². The van der Waals surface area contributed by atoms with Crippen molar-refractivity contribution in [2.24, 2.45) is 4.99 Å². The standard InChI is InChI=1S/C20H25N5.HI/c1-3-16-8-4-5-9-17(16)14-23-20(21-2)22-12-11-18-15-25-13-7-6-10-19(25)24-18;/h4-10,13,15H,3,11-12,14H2,1-2H3,(H2,21,22,23);1H. The number of nitrogens with zero attached hydrogens (tertiary/aromatic N) is 3. The smallest absolute Gasteiger partial charge is 0.191 e. The van der Waals surface area contributed by atoms with Gasteiger partial charge in [-0.25, -0.2) is 4.98 Å². The molecule has 26 heavy (non-hydrogen) atoms. The Bertz CT molecular complexity index is 823. The van der Waals surface area contributed by atoms with Crippen molar-refractivity contribution in [3.05, 3.63) is 71.7 Å². The van der Waals surface area contributed by atoms with Crippen LogP contribution in [0.4, 0.5) is 0 Å². The highest BCUT2D eigenvalue weighted by Crippen LogP contribution is 2.09. The quantitative estimate of drug-likeness (QED) is 0.335. The summed E-state index contributed by atoms with van der Waals surface area (Å²) in [5.41, 5.74) is 4.74. The summed E-state index contributed by atoms with van der Waals surface area (Å²) >= 11 is 0. The highest BCUT2D eigenvalue weighted by Gasteiger charge is 2.04. The number of aromatic nitrogens is 2. The molecule has 0 radical (unpaired) electrons. The zero-order chi connectivity index (χ0) is 17.5. The molecule has 0 aliphatic carbocycles. The largest absolute Gasteiger partial charge is 0.356 e. The molecule has 0 amide bonds. The normalized spacial score (nSPS) is 11.2. The Labute approximate surface area is 172 Å². The van der Waals surface area contributed by atoms with Crippen LogP contribution in [0.15, 0.2) is 59.9 Å². The molecule has 2 aromatic heterocycles. The molecule has 138 valence electrons. The van der Waals surface area contributed by atoms with E-state index >= 15 is 0 Å². The maximum atomic E-state index is 4.61. The van der Waals surface area contributed by atoms with Crippen molar-refractivity contribution < 1.29 is 0 Å². The Morgan fingerprint density at radius 2 is 1.85 bits per heavy atom. The zero-order valence-corrected chi connectivity index (χ0v) is 17.6. The molecule has 3 aromatic rings. The maximum Gasteiger partial charge on any atom is 0.191 e. The number of rotatable bonds is 6. The predicted molar refractivity (Wildman–Crippen MR) is 118 cm³/mol. The summed E-state index contributed by atoms with van der Waals surface area (Å²) in [6.07, 6.45) is 5.99. The molecule has 3 rings (SSSR count). The summed E-state index contributed by atoms with van der Waals surface area (Å²) in [5.74, 6) is 0.815. The third kappa shape index (κ3) is 5.20. The van der Waals surface area contributed by atoms with E-state index in [4.69, 9.17) is 0 Å². The second-order valence-electron chi connectivity index (χ2n) is 5.92. The minimum Gasteiger partial charge on any atom is -0.356 e. The number of fused-ring (bicyclic) bond motifs is 1. The van der Waals surface area contributed by atoms with Crippen molar-refractivity contribution >= 4 is 35.6 Å². The van der Waals surface area contributed by atoms with Gasteiger partial charge >= 0.3 is 0 Å². The van der Waals surface area contributed by atoms with E-state index in [-0.39, 0.29) is 24.0 Å². The Morgan fingerprint density at radius 3 is 2.58 bits per heavy atom. The topological polar surface area (TPSA) is 53.7 Å². The number of hydrogen-bond donors (Lipinski definition) is 2. The number of halogens is 1. The van der Waals surface area contributed by atoms with Gasteiger partial charge in [-0.2, -0.15) is 0 Å². The van der Waals surface area contributed by atoms with Crippen molar-refractivity contribution in [3.8, 4) is 0 Å². The molecule has 6 heteroatoms. The molecule has 0 spiro atoms. The van der Waals surface area contributed by atoms with Crippen molar-refractivity contribution in [1.29, 1.82) is 0 Å². The molecule has 0 fully saturated rings. The van der Waals surface area contributed by atoms with Gasteiger partial charge in [0.15, 0.2) is 5.96 Å². The van der Waals surface area contributed by atoms with E-state index in [9.17, 15) is 0 Å². The number of hydrogen-bond acceptors (Lipinski definition) is 2. The lowest BCUT2D eigenvalue weighted by molar-refractivity contribution is 0.783.